The smallest absolute Gasteiger partial charge is 0.398 e. The fraction of sp³-hybridized carbons (Fsp3) is 0.350. The van der Waals surface area contributed by atoms with Gasteiger partial charge in [-0.1, -0.05) is 6.08 Å². The molecule has 1 heterocycles. The van der Waals surface area contributed by atoms with Crippen molar-refractivity contribution in [2.75, 3.05) is 12.8 Å². The molecule has 1 aliphatic rings. The van der Waals surface area contributed by atoms with Crippen LogP contribution in [0.3, 0.4) is 0 Å². The number of pyridine rings is 1. The van der Waals surface area contributed by atoms with Gasteiger partial charge in [0, 0.05) is 47.5 Å². The third-order valence-corrected chi connectivity index (χ3v) is 5.64. The Bertz CT molecular complexity index is 1270. The molecular formula is C20H20F4N4O6. The second-order valence-corrected chi connectivity index (χ2v) is 7.65. The molecule has 1 aliphatic carbocycles. The van der Waals surface area contributed by atoms with Gasteiger partial charge in [0.1, 0.15) is 11.2 Å². The van der Waals surface area contributed by atoms with E-state index in [1.165, 1.54) is 0 Å². The van der Waals surface area contributed by atoms with Crippen molar-refractivity contribution in [3.05, 3.63) is 40.3 Å². The summed E-state index contributed by atoms with van der Waals surface area (Å²) in [6.45, 7) is 1.11. The second-order valence-electron chi connectivity index (χ2n) is 7.65. The number of aliphatic hydroxyl groups is 6. The molecule has 0 spiro atoms. The number of nitrogens with two attached hydrogens (primary N) is 1. The number of halogens is 4. The molecule has 34 heavy (non-hydrogen) atoms. The molecule has 0 unspecified atom stereocenters. The quantitative estimate of drug-likeness (QED) is 0.128. The van der Waals surface area contributed by atoms with Crippen LogP contribution in [0.15, 0.2) is 17.1 Å². The summed E-state index contributed by atoms with van der Waals surface area (Å²) in [7, 11) is 0.786. The first kappa shape index (κ1) is 25.6. The van der Waals surface area contributed by atoms with E-state index in [9.17, 15) is 48.2 Å². The highest BCUT2D eigenvalue weighted by Crippen LogP contribution is 2.49. The summed E-state index contributed by atoms with van der Waals surface area (Å²) in [6.07, 6.45) is -4.93. The Morgan fingerprint density at radius 3 is 2.26 bits per heavy atom. The summed E-state index contributed by atoms with van der Waals surface area (Å²) in [5, 5.41) is 69.5. The topological polar surface area (TPSA) is 196 Å². The van der Waals surface area contributed by atoms with Gasteiger partial charge in [-0.05, 0) is 18.6 Å². The molecule has 2 aromatic rings. The van der Waals surface area contributed by atoms with Crippen LogP contribution in [0.4, 0.5) is 23.2 Å². The van der Waals surface area contributed by atoms with Crippen molar-refractivity contribution in [1.29, 1.82) is 5.41 Å². The maximum absolute atomic E-state index is 14.9. The van der Waals surface area contributed by atoms with Gasteiger partial charge in [0.05, 0.1) is 5.69 Å². The summed E-state index contributed by atoms with van der Waals surface area (Å²) in [4.78, 5) is 6.98. The first-order valence-corrected chi connectivity index (χ1v) is 9.48. The van der Waals surface area contributed by atoms with Gasteiger partial charge in [0.2, 0.25) is 5.79 Å². The lowest BCUT2D eigenvalue weighted by Crippen LogP contribution is -2.70. The van der Waals surface area contributed by atoms with Crippen molar-refractivity contribution in [3.8, 4) is 0 Å². The maximum atomic E-state index is 14.9. The number of benzene rings is 1. The molecule has 1 aromatic carbocycles. The van der Waals surface area contributed by atoms with Crippen LogP contribution in [0.25, 0.3) is 16.5 Å². The van der Waals surface area contributed by atoms with E-state index in [2.05, 4.69) is 9.98 Å². The lowest BCUT2D eigenvalue weighted by Gasteiger charge is -2.48. The molecule has 0 bridgehead atoms. The van der Waals surface area contributed by atoms with Crippen molar-refractivity contribution in [3.63, 3.8) is 0 Å². The number of nitrogens with one attached hydrogen (secondary N) is 1. The fourth-order valence-corrected chi connectivity index (χ4v) is 4.04. The highest BCUT2D eigenvalue weighted by atomic mass is 19.4. The summed E-state index contributed by atoms with van der Waals surface area (Å²) >= 11 is 0. The Labute approximate surface area is 188 Å². The summed E-state index contributed by atoms with van der Waals surface area (Å²) in [5.74, 6) is -13.1. The number of fused-ring (bicyclic) bond motifs is 3. The Morgan fingerprint density at radius 2 is 1.79 bits per heavy atom. The second kappa shape index (κ2) is 7.76. The average Bonchev–Trinajstić information content (AvgIpc) is 2.69. The van der Waals surface area contributed by atoms with Gasteiger partial charge in [0.25, 0.3) is 11.6 Å². The zero-order chi connectivity index (χ0) is 26.0. The van der Waals surface area contributed by atoms with E-state index in [0.717, 1.165) is 26.1 Å². The Kier molecular flexibility index (Phi) is 5.85. The van der Waals surface area contributed by atoms with Gasteiger partial charge >= 0.3 is 6.18 Å². The molecule has 10 nitrogen and oxygen atoms in total. The van der Waals surface area contributed by atoms with Gasteiger partial charge in [-0.15, -0.1) is 0 Å². The van der Waals surface area contributed by atoms with Crippen molar-refractivity contribution >= 4 is 34.1 Å². The summed E-state index contributed by atoms with van der Waals surface area (Å²) in [5.41, 5.74) is -0.816. The number of aromatic nitrogens is 1. The zero-order valence-electron chi connectivity index (χ0n) is 17.6. The van der Waals surface area contributed by atoms with Crippen LogP contribution in [-0.4, -0.2) is 72.3 Å². The van der Waals surface area contributed by atoms with Crippen molar-refractivity contribution < 1.29 is 48.2 Å². The molecule has 0 fully saturated rings. The molecular weight excluding hydrogens is 468 g/mol. The van der Waals surface area contributed by atoms with Crippen LogP contribution in [0, 0.1) is 11.2 Å². The van der Waals surface area contributed by atoms with Crippen LogP contribution in [-0.2, 0) is 12.2 Å². The van der Waals surface area contributed by atoms with Gasteiger partial charge < -0.3 is 41.8 Å². The molecule has 3 rings (SSSR count). The molecule has 9 N–H and O–H groups in total. The highest BCUT2D eigenvalue weighted by molar-refractivity contribution is 6.26. The number of allylic oxidation sites excluding steroid dienone is 2. The lowest BCUT2D eigenvalue weighted by atomic mass is 9.74. The Hall–Kier alpha value is -3.01. The van der Waals surface area contributed by atoms with Gasteiger partial charge in [-0.3, -0.25) is 4.99 Å². The molecule has 14 heteroatoms. The van der Waals surface area contributed by atoms with E-state index < -0.39 is 74.8 Å². The predicted octanol–water partition coefficient (Wildman–Crippen LogP) is 0.0455. The standard InChI is InChI=1S/C20H20F4N4O6/c1-3-7(16(27-2)19(22,23)24)14-13-8(5-17(29,30)20(33,34)18(13,31)32)12-9(6-25)11(26)4-10(21)15(12)28-14/h3-4,6,25,29-34H,5,26H2,1-2H3/b7-3+,25-6?,27-16+. The molecule has 0 saturated heterocycles. The summed E-state index contributed by atoms with van der Waals surface area (Å²) in [6, 6.07) is 0.723. The minimum Gasteiger partial charge on any atom is -0.398 e. The fourth-order valence-electron chi connectivity index (χ4n) is 4.04. The average molecular weight is 488 g/mol. The lowest BCUT2D eigenvalue weighted by molar-refractivity contribution is -0.463. The van der Waals surface area contributed by atoms with Crippen LogP contribution in [0.5, 0.6) is 0 Å². The number of hydrogen-bond donors (Lipinski definition) is 8. The maximum Gasteiger partial charge on any atom is 0.433 e. The van der Waals surface area contributed by atoms with Crippen LogP contribution in [0.2, 0.25) is 0 Å². The number of nitrogens with zero attached hydrogens (tertiary/aromatic N) is 2. The minimum atomic E-state index is -5.10. The van der Waals surface area contributed by atoms with Gasteiger partial charge in [-0.2, -0.15) is 13.2 Å². The number of nitrogen functional groups attached to an aromatic ring is 1. The van der Waals surface area contributed by atoms with E-state index in [-0.39, 0.29) is 11.3 Å². The number of rotatable bonds is 3. The first-order valence-electron chi connectivity index (χ1n) is 9.48. The van der Waals surface area contributed by atoms with E-state index >= 15 is 0 Å². The van der Waals surface area contributed by atoms with E-state index in [1.54, 1.807) is 0 Å². The SMILES string of the molecule is C/C=C(/C(=N\C)C(F)(F)F)c1nc2c(F)cc(N)c(C=N)c2c2c1C(O)(O)C(O)(O)C(O)(O)C2. The van der Waals surface area contributed by atoms with Gasteiger partial charge in [-0.25, -0.2) is 9.37 Å². The molecule has 0 atom stereocenters. The molecule has 0 radical (unpaired) electrons. The minimum absolute atomic E-state index is 0.288. The van der Waals surface area contributed by atoms with Gasteiger partial charge in [0.15, 0.2) is 5.82 Å². The van der Waals surface area contributed by atoms with E-state index in [4.69, 9.17) is 11.1 Å². The van der Waals surface area contributed by atoms with Crippen LogP contribution >= 0.6 is 0 Å². The molecule has 0 aliphatic heterocycles. The molecule has 0 saturated carbocycles. The largest absolute Gasteiger partial charge is 0.433 e. The monoisotopic (exact) mass is 488 g/mol. The van der Waals surface area contributed by atoms with Crippen LogP contribution in [0.1, 0.15) is 29.3 Å². The molecule has 184 valence electrons. The van der Waals surface area contributed by atoms with Crippen molar-refractivity contribution in [2.24, 2.45) is 4.99 Å². The van der Waals surface area contributed by atoms with Crippen molar-refractivity contribution in [1.82, 2.24) is 4.98 Å². The normalized spacial score (nSPS) is 19.8. The number of alkyl halides is 3. The van der Waals surface area contributed by atoms with E-state index in [0.29, 0.717) is 6.21 Å². The molecule has 0 amide bonds. The molecule has 1 aromatic heterocycles. The Morgan fingerprint density at radius 1 is 1.21 bits per heavy atom. The zero-order valence-corrected chi connectivity index (χ0v) is 17.6. The first-order chi connectivity index (χ1) is 15.5. The van der Waals surface area contributed by atoms with E-state index in [1.807, 2.05) is 0 Å². The highest BCUT2D eigenvalue weighted by Gasteiger charge is 2.67. The summed E-state index contributed by atoms with van der Waals surface area (Å²) < 4.78 is 55.9. The third kappa shape index (κ3) is 3.38. The number of aliphatic imine (C=N–C) groups is 1. The number of anilines is 1. The van der Waals surface area contributed by atoms with Crippen LogP contribution < -0.4 is 5.73 Å². The number of hydrogen-bond acceptors (Lipinski definition) is 10. The Balaban J connectivity index is 2.67. The predicted molar refractivity (Wildman–Crippen MR) is 111 cm³/mol. The third-order valence-electron chi connectivity index (χ3n) is 5.64. The van der Waals surface area contributed by atoms with Crippen molar-refractivity contribution in [2.45, 2.75) is 36.9 Å².